The molecule has 1 heterocycles. The molecule has 8 heteroatoms. The number of hydrogen-bond donors (Lipinski definition) is 2. The predicted octanol–water partition coefficient (Wildman–Crippen LogP) is 2.75. The SMILES string of the molecule is CC(C)OP1(=O)C[C@H](O)O[C@H](CO)[C@H]1O[Si](C)(C)C(C)(C)C. The third-order valence-electron chi connectivity index (χ3n) is 4.24. The number of aliphatic hydroxyl groups is 2. The van der Waals surface area contributed by atoms with Gasteiger partial charge in [-0.3, -0.25) is 4.57 Å². The van der Waals surface area contributed by atoms with Gasteiger partial charge in [0.2, 0.25) is 7.37 Å². The van der Waals surface area contributed by atoms with Crippen molar-refractivity contribution in [1.29, 1.82) is 0 Å². The molecule has 4 atom stereocenters. The minimum Gasteiger partial charge on any atom is -0.403 e. The van der Waals surface area contributed by atoms with E-state index in [2.05, 4.69) is 20.8 Å². The first-order chi connectivity index (χ1) is 9.82. The Labute approximate surface area is 134 Å². The lowest BCUT2D eigenvalue weighted by atomic mass is 10.2. The molecule has 1 unspecified atom stereocenters. The smallest absolute Gasteiger partial charge is 0.237 e. The quantitative estimate of drug-likeness (QED) is 0.583. The molecule has 0 aromatic heterocycles. The van der Waals surface area contributed by atoms with Gasteiger partial charge in [0.25, 0.3) is 0 Å². The van der Waals surface area contributed by atoms with Crippen LogP contribution in [0.4, 0.5) is 0 Å². The van der Waals surface area contributed by atoms with Crippen LogP contribution in [-0.4, -0.2) is 55.6 Å². The van der Waals surface area contributed by atoms with Crippen molar-refractivity contribution < 1.29 is 28.5 Å². The minimum atomic E-state index is -3.30. The number of rotatable bonds is 5. The van der Waals surface area contributed by atoms with E-state index < -0.39 is 33.9 Å². The average molecular weight is 354 g/mol. The Morgan fingerprint density at radius 3 is 2.32 bits per heavy atom. The fourth-order valence-corrected chi connectivity index (χ4v) is 6.98. The molecule has 0 aromatic carbocycles. The second-order valence-corrected chi connectivity index (χ2v) is 14.9. The van der Waals surface area contributed by atoms with E-state index >= 15 is 0 Å². The molecule has 22 heavy (non-hydrogen) atoms. The minimum absolute atomic E-state index is 0.0776. The monoisotopic (exact) mass is 354 g/mol. The molecule has 6 nitrogen and oxygen atoms in total. The van der Waals surface area contributed by atoms with Crippen molar-refractivity contribution in [2.24, 2.45) is 0 Å². The molecule has 1 fully saturated rings. The molecule has 1 aliphatic rings. The Morgan fingerprint density at radius 1 is 1.36 bits per heavy atom. The summed E-state index contributed by atoms with van der Waals surface area (Å²) in [5, 5.41) is 19.3. The summed E-state index contributed by atoms with van der Waals surface area (Å²) in [4.78, 5) is 0. The lowest BCUT2D eigenvalue weighted by Gasteiger charge is -2.46. The summed E-state index contributed by atoms with van der Waals surface area (Å²) in [7, 11) is -5.53. The van der Waals surface area contributed by atoms with Gasteiger partial charge in [-0.1, -0.05) is 20.8 Å². The van der Waals surface area contributed by atoms with Gasteiger partial charge in [0, 0.05) is 0 Å². The largest absolute Gasteiger partial charge is 0.403 e. The van der Waals surface area contributed by atoms with Gasteiger partial charge in [-0.15, -0.1) is 0 Å². The Bertz CT molecular complexity index is 414. The molecule has 0 saturated carbocycles. The van der Waals surface area contributed by atoms with Gasteiger partial charge in [0.05, 0.1) is 18.9 Å². The van der Waals surface area contributed by atoms with Crippen molar-refractivity contribution in [3.63, 3.8) is 0 Å². The fraction of sp³-hybridized carbons (Fsp3) is 1.00. The molecule has 0 aromatic rings. The van der Waals surface area contributed by atoms with Crippen molar-refractivity contribution in [3.8, 4) is 0 Å². The third kappa shape index (κ3) is 4.63. The van der Waals surface area contributed by atoms with Crippen molar-refractivity contribution in [1.82, 2.24) is 0 Å². The number of aliphatic hydroxyl groups excluding tert-OH is 2. The van der Waals surface area contributed by atoms with E-state index in [1.807, 2.05) is 13.1 Å². The maximum absolute atomic E-state index is 13.3. The molecule has 0 spiro atoms. The van der Waals surface area contributed by atoms with Crippen molar-refractivity contribution >= 4 is 15.7 Å². The number of ether oxygens (including phenoxy) is 1. The van der Waals surface area contributed by atoms with E-state index in [4.69, 9.17) is 13.7 Å². The van der Waals surface area contributed by atoms with Crippen LogP contribution in [0.15, 0.2) is 0 Å². The van der Waals surface area contributed by atoms with E-state index in [1.54, 1.807) is 13.8 Å². The van der Waals surface area contributed by atoms with Gasteiger partial charge in [-0.2, -0.15) is 0 Å². The van der Waals surface area contributed by atoms with Crippen LogP contribution in [0.1, 0.15) is 34.6 Å². The Kier molecular flexibility index (Phi) is 6.47. The summed E-state index contributed by atoms with van der Waals surface area (Å²) < 4.78 is 30.5. The molecule has 1 saturated heterocycles. The molecule has 2 N–H and O–H groups in total. The molecule has 132 valence electrons. The standard InChI is InChI=1S/C14H31O6PSi/c1-10(2)19-21(17)9-12(16)18-11(8-15)13(21)20-22(6,7)14(3,4)5/h10-13,15-16H,8-9H2,1-7H3/t11-,12-,13+,21?/m1/s1. The Morgan fingerprint density at radius 2 is 1.91 bits per heavy atom. The van der Waals surface area contributed by atoms with E-state index in [-0.39, 0.29) is 23.9 Å². The van der Waals surface area contributed by atoms with E-state index in [0.29, 0.717) is 0 Å². The number of hydrogen-bond acceptors (Lipinski definition) is 6. The van der Waals surface area contributed by atoms with E-state index in [1.165, 1.54) is 0 Å². The van der Waals surface area contributed by atoms with E-state index in [9.17, 15) is 14.8 Å². The van der Waals surface area contributed by atoms with Crippen LogP contribution in [0.2, 0.25) is 18.1 Å². The Hall–Kier alpha value is 0.247. The van der Waals surface area contributed by atoms with E-state index in [0.717, 1.165) is 0 Å². The zero-order valence-corrected chi connectivity index (χ0v) is 16.6. The first kappa shape index (κ1) is 20.3. The lowest BCUT2D eigenvalue weighted by Crippen LogP contribution is -2.52. The normalized spacial score (nSPS) is 34.2. The van der Waals surface area contributed by atoms with Crippen LogP contribution in [0.25, 0.3) is 0 Å². The highest BCUT2D eigenvalue weighted by molar-refractivity contribution is 7.59. The second kappa shape index (κ2) is 7.01. The van der Waals surface area contributed by atoms with Crippen LogP contribution in [-0.2, 0) is 18.3 Å². The molecule has 0 aliphatic carbocycles. The second-order valence-electron chi connectivity index (χ2n) is 7.64. The lowest BCUT2D eigenvalue weighted by molar-refractivity contribution is -0.163. The molecule has 1 rings (SSSR count). The first-order valence-corrected chi connectivity index (χ1v) is 12.5. The zero-order chi connectivity index (χ0) is 17.3. The maximum Gasteiger partial charge on any atom is 0.237 e. The van der Waals surface area contributed by atoms with Crippen LogP contribution in [0.5, 0.6) is 0 Å². The van der Waals surface area contributed by atoms with Gasteiger partial charge in [-0.25, -0.2) is 0 Å². The molecular formula is C14H31O6PSi. The maximum atomic E-state index is 13.3. The zero-order valence-electron chi connectivity index (χ0n) is 14.7. The van der Waals surface area contributed by atoms with Crippen LogP contribution in [0, 0.1) is 0 Å². The molecular weight excluding hydrogens is 323 g/mol. The molecule has 0 amide bonds. The van der Waals surface area contributed by atoms with Gasteiger partial charge in [0.1, 0.15) is 6.10 Å². The van der Waals surface area contributed by atoms with Gasteiger partial charge in [0.15, 0.2) is 20.5 Å². The van der Waals surface area contributed by atoms with Gasteiger partial charge in [-0.05, 0) is 32.0 Å². The summed E-state index contributed by atoms with van der Waals surface area (Å²) in [5.41, 5.74) is 0. The third-order valence-corrected chi connectivity index (χ3v) is 11.7. The van der Waals surface area contributed by atoms with Crippen molar-refractivity contribution in [3.05, 3.63) is 0 Å². The van der Waals surface area contributed by atoms with Gasteiger partial charge >= 0.3 is 0 Å². The van der Waals surface area contributed by atoms with Crippen LogP contribution < -0.4 is 0 Å². The molecule has 1 aliphatic heterocycles. The highest BCUT2D eigenvalue weighted by Gasteiger charge is 2.52. The first-order valence-electron chi connectivity index (χ1n) is 7.72. The summed E-state index contributed by atoms with van der Waals surface area (Å²) in [6.07, 6.45) is -2.43. The summed E-state index contributed by atoms with van der Waals surface area (Å²) >= 11 is 0. The van der Waals surface area contributed by atoms with Crippen molar-refractivity contribution in [2.75, 3.05) is 12.8 Å². The summed E-state index contributed by atoms with van der Waals surface area (Å²) in [6.45, 7) is 13.6. The highest BCUT2D eigenvalue weighted by Crippen LogP contribution is 2.59. The Balaban J connectivity index is 3.14. The van der Waals surface area contributed by atoms with Crippen LogP contribution in [0.3, 0.4) is 0 Å². The molecule has 0 radical (unpaired) electrons. The average Bonchev–Trinajstić information content (AvgIpc) is 2.29. The summed E-state index contributed by atoms with van der Waals surface area (Å²) in [5.74, 6) is -0.843. The van der Waals surface area contributed by atoms with Crippen LogP contribution >= 0.6 is 7.37 Å². The summed E-state index contributed by atoms with van der Waals surface area (Å²) in [6, 6.07) is 0. The van der Waals surface area contributed by atoms with Crippen molar-refractivity contribution in [2.45, 2.75) is 77.1 Å². The van der Waals surface area contributed by atoms with Gasteiger partial charge < -0.3 is 23.9 Å². The highest BCUT2D eigenvalue weighted by atomic mass is 31.2. The topological polar surface area (TPSA) is 85.2 Å². The molecule has 0 bridgehead atoms. The fourth-order valence-electron chi connectivity index (χ4n) is 2.11. The predicted molar refractivity (Wildman–Crippen MR) is 88.7 cm³/mol.